The van der Waals surface area contributed by atoms with Crippen LogP contribution in [0.2, 0.25) is 0 Å². The Labute approximate surface area is 58.0 Å². The lowest BCUT2D eigenvalue weighted by molar-refractivity contribution is -0.132. The van der Waals surface area contributed by atoms with Crippen molar-refractivity contribution >= 4 is 5.97 Å². The molecule has 0 unspecified atom stereocenters. The number of carboxylic acid groups (broad SMARTS) is 1. The van der Waals surface area contributed by atoms with Crippen molar-refractivity contribution in [2.75, 3.05) is 0 Å². The molecule has 0 aromatic rings. The van der Waals surface area contributed by atoms with Crippen molar-refractivity contribution < 1.29 is 9.90 Å². The average molecular weight is 140 g/mol. The number of carboxylic acids is 1. The first-order chi connectivity index (χ1) is 4.72. The molecule has 1 rings (SSSR count). The minimum Gasteiger partial charge on any atom is -0.478 e. The summed E-state index contributed by atoms with van der Waals surface area (Å²) in [7, 11) is 0. The molecular formula is C6H8N2O2. The van der Waals surface area contributed by atoms with E-state index in [0.717, 1.165) is 0 Å². The summed E-state index contributed by atoms with van der Waals surface area (Å²) in [6.07, 6.45) is 3.73. The van der Waals surface area contributed by atoms with Crippen molar-refractivity contribution in [1.29, 1.82) is 0 Å². The number of carbonyl (C=O) groups is 1. The molecule has 0 fully saturated rings. The van der Waals surface area contributed by atoms with Gasteiger partial charge in [-0.25, -0.2) is 4.79 Å². The Balaban J connectivity index is 2.81. The van der Waals surface area contributed by atoms with Gasteiger partial charge in [0.25, 0.3) is 0 Å². The van der Waals surface area contributed by atoms with Gasteiger partial charge in [0, 0.05) is 6.42 Å². The summed E-state index contributed by atoms with van der Waals surface area (Å²) in [5.74, 6) is -0.732. The third-order valence-electron chi connectivity index (χ3n) is 1.26. The first kappa shape index (κ1) is 6.67. The molecule has 10 heavy (non-hydrogen) atoms. The van der Waals surface area contributed by atoms with E-state index in [2.05, 4.69) is 5.32 Å². The Morgan fingerprint density at radius 2 is 2.50 bits per heavy atom. The predicted molar refractivity (Wildman–Crippen MR) is 35.7 cm³/mol. The molecule has 1 aliphatic heterocycles. The van der Waals surface area contributed by atoms with E-state index in [1.807, 2.05) is 0 Å². The Bertz CT molecular complexity index is 218. The maximum absolute atomic E-state index is 10.4. The van der Waals surface area contributed by atoms with E-state index >= 15 is 0 Å². The highest BCUT2D eigenvalue weighted by Crippen LogP contribution is 2.07. The van der Waals surface area contributed by atoms with Crippen molar-refractivity contribution in [2.45, 2.75) is 6.42 Å². The molecule has 54 valence electrons. The molecule has 0 radical (unpaired) electrons. The molecular weight excluding hydrogens is 132 g/mol. The number of hydrogen-bond donors (Lipinski definition) is 3. The number of rotatable bonds is 1. The minimum absolute atomic E-state index is 0.225. The zero-order chi connectivity index (χ0) is 7.56. The van der Waals surface area contributed by atoms with Gasteiger partial charge in [0.15, 0.2) is 0 Å². The summed E-state index contributed by atoms with van der Waals surface area (Å²) < 4.78 is 0. The standard InChI is InChI=1S/C6H8N2O2/c7-5-4(6(9)10)2-1-3-8-5/h1,3,8H,2,7H2,(H,9,10). The number of nitrogens with two attached hydrogens (primary N) is 1. The quantitative estimate of drug-likeness (QED) is 0.469. The van der Waals surface area contributed by atoms with E-state index < -0.39 is 5.97 Å². The molecule has 0 aromatic carbocycles. The number of nitrogens with one attached hydrogen (secondary N) is 1. The van der Waals surface area contributed by atoms with Crippen molar-refractivity contribution in [2.24, 2.45) is 5.73 Å². The van der Waals surface area contributed by atoms with Crippen LogP contribution in [0.1, 0.15) is 6.42 Å². The SMILES string of the molecule is NC1=C(C(=O)O)CC=CN1. The molecule has 1 heterocycles. The molecule has 0 aliphatic carbocycles. The Morgan fingerprint density at radius 1 is 1.80 bits per heavy atom. The molecule has 0 saturated carbocycles. The second-order valence-electron chi connectivity index (χ2n) is 1.95. The van der Waals surface area contributed by atoms with E-state index in [0.29, 0.717) is 6.42 Å². The maximum atomic E-state index is 10.4. The predicted octanol–water partition coefficient (Wildman–Crippen LogP) is -0.252. The molecule has 0 aromatic heterocycles. The van der Waals surface area contributed by atoms with Crippen LogP contribution < -0.4 is 11.1 Å². The minimum atomic E-state index is -0.964. The average Bonchev–Trinajstić information content (AvgIpc) is 1.88. The lowest BCUT2D eigenvalue weighted by atomic mass is 10.1. The first-order valence-electron chi connectivity index (χ1n) is 2.85. The zero-order valence-corrected chi connectivity index (χ0v) is 5.29. The van der Waals surface area contributed by atoms with Crippen molar-refractivity contribution in [1.82, 2.24) is 5.32 Å². The highest BCUT2D eigenvalue weighted by Gasteiger charge is 2.11. The van der Waals surface area contributed by atoms with Crippen LogP contribution in [0.15, 0.2) is 23.7 Å². The van der Waals surface area contributed by atoms with Crippen LogP contribution in [0, 0.1) is 0 Å². The molecule has 0 atom stereocenters. The molecule has 4 nitrogen and oxygen atoms in total. The molecule has 0 saturated heterocycles. The van der Waals surface area contributed by atoms with Gasteiger partial charge in [0.05, 0.1) is 5.57 Å². The van der Waals surface area contributed by atoms with Gasteiger partial charge in [-0.05, 0) is 6.20 Å². The normalized spacial score (nSPS) is 16.8. The van der Waals surface area contributed by atoms with Crippen LogP contribution in [0.4, 0.5) is 0 Å². The summed E-state index contributed by atoms with van der Waals surface area (Å²) in [6, 6.07) is 0. The van der Waals surface area contributed by atoms with E-state index in [1.54, 1.807) is 12.3 Å². The van der Waals surface area contributed by atoms with Crippen molar-refractivity contribution in [3.63, 3.8) is 0 Å². The summed E-state index contributed by atoms with van der Waals surface area (Å²) in [5, 5.41) is 11.1. The van der Waals surface area contributed by atoms with E-state index in [4.69, 9.17) is 10.8 Å². The molecule has 0 amide bonds. The fraction of sp³-hybridized carbons (Fsp3) is 0.167. The monoisotopic (exact) mass is 140 g/mol. The fourth-order valence-corrected chi connectivity index (χ4v) is 0.725. The molecule has 4 heteroatoms. The van der Waals surface area contributed by atoms with Crippen LogP contribution in [0.3, 0.4) is 0 Å². The third-order valence-corrected chi connectivity index (χ3v) is 1.26. The number of allylic oxidation sites excluding steroid dienone is 1. The van der Waals surface area contributed by atoms with Gasteiger partial charge >= 0.3 is 5.97 Å². The lowest BCUT2D eigenvalue weighted by Crippen LogP contribution is -2.22. The van der Waals surface area contributed by atoms with Crippen LogP contribution in [-0.4, -0.2) is 11.1 Å². The van der Waals surface area contributed by atoms with Gasteiger partial charge in [-0.15, -0.1) is 0 Å². The summed E-state index contributed by atoms with van der Waals surface area (Å²) in [5.41, 5.74) is 5.54. The highest BCUT2D eigenvalue weighted by molar-refractivity contribution is 5.87. The second-order valence-corrected chi connectivity index (χ2v) is 1.95. The first-order valence-corrected chi connectivity index (χ1v) is 2.85. The van der Waals surface area contributed by atoms with Crippen LogP contribution >= 0.6 is 0 Å². The smallest absolute Gasteiger partial charge is 0.335 e. The van der Waals surface area contributed by atoms with Crippen LogP contribution in [0.25, 0.3) is 0 Å². The summed E-state index contributed by atoms with van der Waals surface area (Å²) >= 11 is 0. The molecule has 0 spiro atoms. The van der Waals surface area contributed by atoms with E-state index in [1.165, 1.54) is 0 Å². The van der Waals surface area contributed by atoms with Crippen LogP contribution in [0.5, 0.6) is 0 Å². The number of aliphatic carboxylic acids is 1. The van der Waals surface area contributed by atoms with Crippen molar-refractivity contribution in [3.05, 3.63) is 23.7 Å². The lowest BCUT2D eigenvalue weighted by Gasteiger charge is -2.09. The topological polar surface area (TPSA) is 75.4 Å². The van der Waals surface area contributed by atoms with E-state index in [-0.39, 0.29) is 11.4 Å². The van der Waals surface area contributed by atoms with Gasteiger partial charge in [0.2, 0.25) is 0 Å². The van der Waals surface area contributed by atoms with Gasteiger partial charge in [-0.3, -0.25) is 0 Å². The number of dihydropyridines is 1. The highest BCUT2D eigenvalue weighted by atomic mass is 16.4. The zero-order valence-electron chi connectivity index (χ0n) is 5.29. The Kier molecular flexibility index (Phi) is 1.62. The second kappa shape index (κ2) is 2.43. The fourth-order valence-electron chi connectivity index (χ4n) is 0.725. The largest absolute Gasteiger partial charge is 0.478 e. The van der Waals surface area contributed by atoms with Gasteiger partial charge in [-0.1, -0.05) is 6.08 Å². The van der Waals surface area contributed by atoms with Gasteiger partial charge in [0.1, 0.15) is 5.82 Å². The molecule has 4 N–H and O–H groups in total. The Hall–Kier alpha value is -1.45. The van der Waals surface area contributed by atoms with Gasteiger partial charge < -0.3 is 16.2 Å². The third kappa shape index (κ3) is 1.10. The molecule has 0 bridgehead atoms. The molecule has 1 aliphatic rings. The van der Waals surface area contributed by atoms with Gasteiger partial charge in [-0.2, -0.15) is 0 Å². The van der Waals surface area contributed by atoms with Crippen LogP contribution in [-0.2, 0) is 4.79 Å². The maximum Gasteiger partial charge on any atom is 0.335 e. The van der Waals surface area contributed by atoms with Crippen molar-refractivity contribution in [3.8, 4) is 0 Å². The summed E-state index contributed by atoms with van der Waals surface area (Å²) in [4.78, 5) is 10.4. The number of hydrogen-bond acceptors (Lipinski definition) is 3. The van der Waals surface area contributed by atoms with E-state index in [9.17, 15) is 4.79 Å². The Morgan fingerprint density at radius 3 is 2.90 bits per heavy atom. The summed E-state index contributed by atoms with van der Waals surface area (Å²) in [6.45, 7) is 0.